The Morgan fingerprint density at radius 1 is 1.67 bits per heavy atom. The summed E-state index contributed by atoms with van der Waals surface area (Å²) in [5.74, 6) is -1.17. The lowest BCUT2D eigenvalue weighted by atomic mass is 10.2. The van der Waals surface area contributed by atoms with Crippen LogP contribution in [0.15, 0.2) is 23.5 Å². The largest absolute Gasteiger partial charge is 0.507 e. The van der Waals surface area contributed by atoms with Crippen LogP contribution in [0.2, 0.25) is 0 Å². The molecule has 1 rings (SSSR count). The van der Waals surface area contributed by atoms with Gasteiger partial charge in [0, 0.05) is 6.42 Å². The Balaban J connectivity index is 2.85. The fourth-order valence-electron chi connectivity index (χ4n) is 0.690. The zero-order valence-corrected chi connectivity index (χ0v) is 4.66. The third-order valence-corrected chi connectivity index (χ3v) is 1.17. The molecule has 0 saturated carbocycles. The van der Waals surface area contributed by atoms with Crippen molar-refractivity contribution in [2.75, 3.05) is 0 Å². The first-order valence-corrected chi connectivity index (χ1v) is 2.54. The Hall–Kier alpha value is -1.25. The molecule has 1 aliphatic carbocycles. The van der Waals surface area contributed by atoms with Gasteiger partial charge in [0.25, 0.3) is 0 Å². The van der Waals surface area contributed by atoms with E-state index in [1.165, 1.54) is 6.08 Å². The molecule has 2 N–H and O–H groups in total. The van der Waals surface area contributed by atoms with E-state index in [0.717, 1.165) is 0 Å². The summed E-state index contributed by atoms with van der Waals surface area (Å²) in [5, 5.41) is 17.1. The molecule has 0 amide bonds. The molecule has 9 heavy (non-hydrogen) atoms. The number of hydrogen-bond donors (Lipinski definition) is 2. The van der Waals surface area contributed by atoms with Crippen molar-refractivity contribution in [3.8, 4) is 0 Å². The van der Waals surface area contributed by atoms with E-state index in [0.29, 0.717) is 6.42 Å². The summed E-state index contributed by atoms with van der Waals surface area (Å²) in [5.41, 5.74) is 0.0787. The highest BCUT2D eigenvalue weighted by molar-refractivity contribution is 5.88. The Labute approximate surface area is 51.9 Å². The highest BCUT2D eigenvalue weighted by Gasteiger charge is 2.14. The average molecular weight is 126 g/mol. The Kier molecular flexibility index (Phi) is 1.26. The van der Waals surface area contributed by atoms with Gasteiger partial charge in [-0.2, -0.15) is 0 Å². The van der Waals surface area contributed by atoms with Crippen LogP contribution < -0.4 is 0 Å². The zero-order chi connectivity index (χ0) is 6.85. The predicted octanol–water partition coefficient (Wildman–Crippen LogP) is 0.843. The zero-order valence-electron chi connectivity index (χ0n) is 4.66. The van der Waals surface area contributed by atoms with E-state index in [1.807, 2.05) is 0 Å². The molecule has 1 aliphatic rings. The van der Waals surface area contributed by atoms with E-state index in [2.05, 4.69) is 0 Å². The molecule has 0 spiro atoms. The highest BCUT2D eigenvalue weighted by Crippen LogP contribution is 2.15. The summed E-state index contributed by atoms with van der Waals surface area (Å²) in [7, 11) is 0. The monoisotopic (exact) mass is 126 g/mol. The van der Waals surface area contributed by atoms with E-state index in [4.69, 9.17) is 10.2 Å². The van der Waals surface area contributed by atoms with Crippen LogP contribution in [0.5, 0.6) is 0 Å². The fraction of sp³-hybridized carbons (Fsp3) is 0.167. The van der Waals surface area contributed by atoms with Crippen LogP contribution in [-0.4, -0.2) is 16.2 Å². The number of aliphatic carboxylic acids is 1. The number of allylic oxidation sites excluding steroid dienone is 2. The first kappa shape index (κ1) is 5.88. The molecule has 0 aromatic carbocycles. The number of carbonyl (C=O) groups is 1. The van der Waals surface area contributed by atoms with Crippen LogP contribution in [0.3, 0.4) is 0 Å². The maximum Gasteiger partial charge on any atom is 0.335 e. The minimum Gasteiger partial charge on any atom is -0.507 e. The fourth-order valence-corrected chi connectivity index (χ4v) is 0.690. The average Bonchev–Trinajstić information content (AvgIpc) is 2.13. The smallest absolute Gasteiger partial charge is 0.335 e. The van der Waals surface area contributed by atoms with Gasteiger partial charge in [-0.3, -0.25) is 0 Å². The lowest BCUT2D eigenvalue weighted by Crippen LogP contribution is -1.99. The van der Waals surface area contributed by atoms with Crippen molar-refractivity contribution >= 4 is 5.97 Å². The molecule has 0 aromatic rings. The maximum absolute atomic E-state index is 10.2. The van der Waals surface area contributed by atoms with Crippen LogP contribution >= 0.6 is 0 Å². The van der Waals surface area contributed by atoms with Gasteiger partial charge < -0.3 is 10.2 Å². The summed E-state index contributed by atoms with van der Waals surface area (Å²) in [6.07, 6.45) is 3.34. The molecule has 0 aromatic heterocycles. The second-order valence-corrected chi connectivity index (χ2v) is 1.78. The van der Waals surface area contributed by atoms with Gasteiger partial charge in [-0.1, -0.05) is 6.08 Å². The van der Waals surface area contributed by atoms with Crippen LogP contribution in [0.4, 0.5) is 0 Å². The summed E-state index contributed by atoms with van der Waals surface area (Å²) in [6.45, 7) is 0. The molecule has 0 unspecified atom stereocenters. The summed E-state index contributed by atoms with van der Waals surface area (Å²) in [6, 6.07) is 0. The number of carboxylic acids is 1. The third kappa shape index (κ3) is 0.937. The summed E-state index contributed by atoms with van der Waals surface area (Å²) >= 11 is 0. The molecular weight excluding hydrogens is 120 g/mol. The molecule has 0 radical (unpaired) electrons. The second-order valence-electron chi connectivity index (χ2n) is 1.78. The number of carboxylic acid groups (broad SMARTS) is 1. The van der Waals surface area contributed by atoms with E-state index in [1.54, 1.807) is 6.08 Å². The Bertz CT molecular complexity index is 200. The van der Waals surface area contributed by atoms with Gasteiger partial charge >= 0.3 is 5.97 Å². The molecule has 0 saturated heterocycles. The topological polar surface area (TPSA) is 57.5 Å². The Morgan fingerprint density at radius 2 is 2.33 bits per heavy atom. The molecule has 3 heteroatoms. The quantitative estimate of drug-likeness (QED) is 0.547. The summed E-state index contributed by atoms with van der Waals surface area (Å²) in [4.78, 5) is 10.2. The number of aliphatic hydroxyl groups is 1. The molecule has 0 aliphatic heterocycles. The lowest BCUT2D eigenvalue weighted by molar-refractivity contribution is -0.132. The molecule has 0 bridgehead atoms. The van der Waals surface area contributed by atoms with Crippen molar-refractivity contribution in [1.29, 1.82) is 0 Å². The summed E-state index contributed by atoms with van der Waals surface area (Å²) < 4.78 is 0. The molecule has 0 fully saturated rings. The molecule has 3 nitrogen and oxygen atoms in total. The Morgan fingerprint density at radius 3 is 2.56 bits per heavy atom. The molecule has 0 atom stereocenters. The molecule has 48 valence electrons. The van der Waals surface area contributed by atoms with Gasteiger partial charge in [-0.05, 0) is 6.08 Å². The van der Waals surface area contributed by atoms with Gasteiger partial charge in [0.1, 0.15) is 5.76 Å². The van der Waals surface area contributed by atoms with Crippen molar-refractivity contribution in [3.63, 3.8) is 0 Å². The van der Waals surface area contributed by atoms with Crippen molar-refractivity contribution in [3.05, 3.63) is 23.5 Å². The number of rotatable bonds is 1. The first-order chi connectivity index (χ1) is 4.22. The van der Waals surface area contributed by atoms with Crippen molar-refractivity contribution in [1.82, 2.24) is 0 Å². The predicted molar refractivity (Wildman–Crippen MR) is 31.0 cm³/mol. The van der Waals surface area contributed by atoms with Crippen LogP contribution in [0.1, 0.15) is 6.42 Å². The van der Waals surface area contributed by atoms with Crippen molar-refractivity contribution in [2.45, 2.75) is 6.42 Å². The number of hydrogen-bond acceptors (Lipinski definition) is 2. The van der Waals surface area contributed by atoms with Gasteiger partial charge in [0.2, 0.25) is 0 Å². The van der Waals surface area contributed by atoms with Gasteiger partial charge in [0.15, 0.2) is 0 Å². The number of aliphatic hydroxyl groups excluding tert-OH is 1. The third-order valence-electron chi connectivity index (χ3n) is 1.17. The SMILES string of the molecule is O=C(O)C1=C(O)C=CC1. The van der Waals surface area contributed by atoms with E-state index < -0.39 is 5.97 Å². The van der Waals surface area contributed by atoms with Crippen LogP contribution in [0.25, 0.3) is 0 Å². The minimum atomic E-state index is -1.04. The van der Waals surface area contributed by atoms with Crippen LogP contribution in [0, 0.1) is 0 Å². The van der Waals surface area contributed by atoms with Gasteiger partial charge in [0.05, 0.1) is 5.57 Å². The minimum absolute atomic E-state index is 0.0787. The van der Waals surface area contributed by atoms with Gasteiger partial charge in [-0.15, -0.1) is 0 Å². The second kappa shape index (κ2) is 1.93. The van der Waals surface area contributed by atoms with Crippen LogP contribution in [-0.2, 0) is 4.79 Å². The van der Waals surface area contributed by atoms with E-state index in [9.17, 15) is 4.79 Å². The first-order valence-electron chi connectivity index (χ1n) is 2.54. The van der Waals surface area contributed by atoms with E-state index >= 15 is 0 Å². The molecular formula is C6H6O3. The van der Waals surface area contributed by atoms with Crippen molar-refractivity contribution < 1.29 is 15.0 Å². The maximum atomic E-state index is 10.2. The normalized spacial score (nSPS) is 16.9. The standard InChI is InChI=1S/C6H6O3/c7-5-3-1-2-4(5)6(8)9/h1,3,7H,2H2,(H,8,9). The van der Waals surface area contributed by atoms with Gasteiger partial charge in [-0.25, -0.2) is 4.79 Å². The van der Waals surface area contributed by atoms with Crippen molar-refractivity contribution in [2.24, 2.45) is 0 Å². The lowest BCUT2D eigenvalue weighted by Gasteiger charge is -1.91. The molecule has 0 heterocycles. The highest BCUT2D eigenvalue weighted by atomic mass is 16.4. The van der Waals surface area contributed by atoms with E-state index in [-0.39, 0.29) is 11.3 Å².